The number of hydrogen-bond acceptors (Lipinski definition) is 4. The molecule has 0 saturated carbocycles. The number of nitrogens with zero attached hydrogens (tertiary/aromatic N) is 1. The number of methoxy groups -OCH3 is 1. The maximum Gasteiger partial charge on any atom is 0.110 e. The highest BCUT2D eigenvalue weighted by Crippen LogP contribution is 2.17. The van der Waals surface area contributed by atoms with Crippen LogP contribution in [0, 0.1) is 6.92 Å². The molecule has 1 aromatic heterocycles. The van der Waals surface area contributed by atoms with Gasteiger partial charge in [-0.15, -0.1) is 11.3 Å². The summed E-state index contributed by atoms with van der Waals surface area (Å²) in [7, 11) is 1.74. The molecule has 0 saturated heterocycles. The molecule has 0 aliphatic heterocycles. The van der Waals surface area contributed by atoms with E-state index in [9.17, 15) is 0 Å². The molecule has 0 radical (unpaired) electrons. The number of hydrogen-bond donors (Lipinski definition) is 1. The maximum atomic E-state index is 5.00. The van der Waals surface area contributed by atoms with Crippen molar-refractivity contribution >= 4 is 11.3 Å². The minimum Gasteiger partial charge on any atom is -0.385 e. The summed E-state index contributed by atoms with van der Waals surface area (Å²) in [4.78, 5) is 4.46. The molecule has 0 amide bonds. The molecule has 0 fully saturated rings. The summed E-state index contributed by atoms with van der Waals surface area (Å²) >= 11 is 1.73. The third-order valence-corrected chi connectivity index (χ3v) is 3.38. The van der Waals surface area contributed by atoms with Crippen molar-refractivity contribution < 1.29 is 4.74 Å². The highest BCUT2D eigenvalue weighted by atomic mass is 32.1. The molecule has 3 nitrogen and oxygen atoms in total. The monoisotopic (exact) mass is 228 g/mol. The number of aryl methyl sites for hydroxylation is 1. The van der Waals surface area contributed by atoms with Crippen LogP contribution in [0.5, 0.6) is 0 Å². The van der Waals surface area contributed by atoms with Crippen molar-refractivity contribution in [3.8, 4) is 0 Å². The van der Waals surface area contributed by atoms with Gasteiger partial charge in [-0.2, -0.15) is 0 Å². The molecular formula is C11H20N2OS. The Balaban J connectivity index is 2.16. The van der Waals surface area contributed by atoms with E-state index in [0.29, 0.717) is 6.04 Å². The van der Waals surface area contributed by atoms with Crippen LogP contribution in [0.1, 0.15) is 36.5 Å². The second-order valence-corrected chi connectivity index (χ2v) is 4.59. The van der Waals surface area contributed by atoms with Gasteiger partial charge in [-0.05, 0) is 33.2 Å². The molecule has 1 rings (SSSR count). The summed E-state index contributed by atoms with van der Waals surface area (Å²) in [5, 5.41) is 6.74. The van der Waals surface area contributed by atoms with Crippen LogP contribution in [0.4, 0.5) is 0 Å². The Hall–Kier alpha value is -0.450. The smallest absolute Gasteiger partial charge is 0.110 e. The number of unbranched alkanes of at least 4 members (excludes halogenated alkanes) is 1. The standard InChI is InChI=1S/C11H20N2OS/c1-9-8-15-11(13-9)10(2)12-6-4-5-7-14-3/h8,10,12H,4-7H2,1-3H3. The largest absolute Gasteiger partial charge is 0.385 e. The third kappa shape index (κ3) is 4.73. The van der Waals surface area contributed by atoms with Gasteiger partial charge in [0, 0.05) is 24.8 Å². The molecule has 1 heterocycles. The average Bonchev–Trinajstić information content (AvgIpc) is 2.64. The van der Waals surface area contributed by atoms with Crippen LogP contribution < -0.4 is 5.32 Å². The maximum absolute atomic E-state index is 5.00. The second-order valence-electron chi connectivity index (χ2n) is 3.70. The summed E-state index contributed by atoms with van der Waals surface area (Å²) in [5.74, 6) is 0. The number of aromatic nitrogens is 1. The summed E-state index contributed by atoms with van der Waals surface area (Å²) < 4.78 is 5.00. The fraction of sp³-hybridized carbons (Fsp3) is 0.727. The van der Waals surface area contributed by atoms with Crippen LogP contribution in [-0.4, -0.2) is 25.2 Å². The Labute approximate surface area is 95.9 Å². The van der Waals surface area contributed by atoms with Gasteiger partial charge in [0.1, 0.15) is 5.01 Å². The Bertz CT molecular complexity index is 275. The van der Waals surface area contributed by atoms with Gasteiger partial charge in [0.2, 0.25) is 0 Å². The van der Waals surface area contributed by atoms with Crippen molar-refractivity contribution in [2.24, 2.45) is 0 Å². The van der Waals surface area contributed by atoms with Crippen LogP contribution in [0.25, 0.3) is 0 Å². The third-order valence-electron chi connectivity index (χ3n) is 2.23. The van der Waals surface area contributed by atoms with E-state index in [-0.39, 0.29) is 0 Å². The summed E-state index contributed by atoms with van der Waals surface area (Å²) in [6.07, 6.45) is 2.27. The molecule has 1 unspecified atom stereocenters. The van der Waals surface area contributed by atoms with E-state index in [1.54, 1.807) is 18.4 Å². The second kappa shape index (κ2) is 6.93. The van der Waals surface area contributed by atoms with Crippen molar-refractivity contribution in [2.75, 3.05) is 20.3 Å². The molecule has 0 spiro atoms. The lowest BCUT2D eigenvalue weighted by atomic mass is 10.3. The van der Waals surface area contributed by atoms with E-state index in [2.05, 4.69) is 22.6 Å². The first kappa shape index (κ1) is 12.6. The minimum absolute atomic E-state index is 0.367. The van der Waals surface area contributed by atoms with Gasteiger partial charge < -0.3 is 10.1 Å². The first-order valence-electron chi connectivity index (χ1n) is 5.38. The first-order valence-corrected chi connectivity index (χ1v) is 6.26. The van der Waals surface area contributed by atoms with Crippen LogP contribution >= 0.6 is 11.3 Å². The average molecular weight is 228 g/mol. The first-order chi connectivity index (χ1) is 7.24. The van der Waals surface area contributed by atoms with E-state index in [1.165, 1.54) is 5.01 Å². The predicted molar refractivity (Wildman–Crippen MR) is 64.4 cm³/mol. The highest BCUT2D eigenvalue weighted by molar-refractivity contribution is 7.09. The molecule has 0 aromatic carbocycles. The van der Waals surface area contributed by atoms with E-state index in [0.717, 1.165) is 31.7 Å². The lowest BCUT2D eigenvalue weighted by Crippen LogP contribution is -2.20. The normalized spacial score (nSPS) is 13.0. The van der Waals surface area contributed by atoms with Gasteiger partial charge in [-0.1, -0.05) is 0 Å². The number of nitrogens with one attached hydrogen (secondary N) is 1. The molecule has 0 aliphatic rings. The molecule has 4 heteroatoms. The van der Waals surface area contributed by atoms with Crippen molar-refractivity contribution in [3.05, 3.63) is 16.1 Å². The van der Waals surface area contributed by atoms with E-state index < -0.39 is 0 Å². The van der Waals surface area contributed by atoms with E-state index in [1.807, 2.05) is 6.92 Å². The molecule has 86 valence electrons. The fourth-order valence-electron chi connectivity index (χ4n) is 1.35. The zero-order valence-electron chi connectivity index (χ0n) is 9.75. The lowest BCUT2D eigenvalue weighted by molar-refractivity contribution is 0.192. The van der Waals surface area contributed by atoms with Gasteiger partial charge in [-0.3, -0.25) is 0 Å². The fourth-order valence-corrected chi connectivity index (χ4v) is 2.18. The van der Waals surface area contributed by atoms with Gasteiger partial charge in [-0.25, -0.2) is 4.98 Å². The van der Waals surface area contributed by atoms with E-state index >= 15 is 0 Å². The summed E-state index contributed by atoms with van der Waals surface area (Å²) in [6, 6.07) is 0.367. The number of thiazole rings is 1. The van der Waals surface area contributed by atoms with E-state index in [4.69, 9.17) is 4.74 Å². The van der Waals surface area contributed by atoms with Crippen LogP contribution in [-0.2, 0) is 4.74 Å². The zero-order valence-corrected chi connectivity index (χ0v) is 10.6. The Morgan fingerprint density at radius 2 is 2.33 bits per heavy atom. The zero-order chi connectivity index (χ0) is 11.1. The van der Waals surface area contributed by atoms with Crippen LogP contribution in [0.3, 0.4) is 0 Å². The topological polar surface area (TPSA) is 34.1 Å². The van der Waals surface area contributed by atoms with Crippen molar-refractivity contribution in [1.29, 1.82) is 0 Å². The summed E-state index contributed by atoms with van der Waals surface area (Å²) in [5.41, 5.74) is 1.11. The molecule has 1 atom stereocenters. The molecule has 0 aliphatic carbocycles. The molecule has 1 aromatic rings. The highest BCUT2D eigenvalue weighted by Gasteiger charge is 2.07. The molecular weight excluding hydrogens is 208 g/mol. The van der Waals surface area contributed by atoms with Crippen molar-refractivity contribution in [3.63, 3.8) is 0 Å². The molecule has 0 bridgehead atoms. The number of ether oxygens (including phenoxy) is 1. The SMILES string of the molecule is COCCCCNC(C)c1nc(C)cs1. The predicted octanol–water partition coefficient (Wildman–Crippen LogP) is 2.53. The quantitative estimate of drug-likeness (QED) is 0.728. The van der Waals surface area contributed by atoms with Crippen molar-refractivity contribution in [2.45, 2.75) is 32.7 Å². The summed E-state index contributed by atoms with van der Waals surface area (Å²) in [6.45, 7) is 6.08. The molecule has 1 N–H and O–H groups in total. The van der Waals surface area contributed by atoms with Gasteiger partial charge in [0.05, 0.1) is 6.04 Å². The minimum atomic E-state index is 0.367. The van der Waals surface area contributed by atoms with Crippen LogP contribution in [0.15, 0.2) is 5.38 Å². The number of rotatable bonds is 7. The van der Waals surface area contributed by atoms with Crippen LogP contribution in [0.2, 0.25) is 0 Å². The van der Waals surface area contributed by atoms with Gasteiger partial charge in [0.15, 0.2) is 0 Å². The van der Waals surface area contributed by atoms with Crippen molar-refractivity contribution in [1.82, 2.24) is 10.3 Å². The van der Waals surface area contributed by atoms with Gasteiger partial charge in [0.25, 0.3) is 0 Å². The Morgan fingerprint density at radius 3 is 2.93 bits per heavy atom. The molecule has 15 heavy (non-hydrogen) atoms. The Kier molecular flexibility index (Phi) is 5.83. The Morgan fingerprint density at radius 1 is 1.53 bits per heavy atom. The van der Waals surface area contributed by atoms with Gasteiger partial charge >= 0.3 is 0 Å². The lowest BCUT2D eigenvalue weighted by Gasteiger charge is -2.10.